The minimum Gasteiger partial charge on any atom is -0.402 e. The molecule has 0 saturated carbocycles. The van der Waals surface area contributed by atoms with Crippen LogP contribution in [0.1, 0.15) is 59.9 Å². The number of unbranched alkanes of at least 4 members (excludes halogenated alkanes) is 3. The Bertz CT molecular complexity index is 1360. The summed E-state index contributed by atoms with van der Waals surface area (Å²) in [6.45, 7) is 2.34. The van der Waals surface area contributed by atoms with Crippen LogP contribution in [0.2, 0.25) is 10.0 Å². The molecule has 0 unspecified atom stereocenters. The van der Waals surface area contributed by atoms with Gasteiger partial charge in [-0.1, -0.05) is 61.2 Å². The van der Waals surface area contributed by atoms with E-state index >= 15 is 0 Å². The average Bonchev–Trinajstić information content (AvgIpc) is 3.35. The van der Waals surface area contributed by atoms with Gasteiger partial charge in [-0.3, -0.25) is 0 Å². The Morgan fingerprint density at radius 2 is 1.71 bits per heavy atom. The van der Waals surface area contributed by atoms with E-state index in [9.17, 15) is 13.2 Å². The summed E-state index contributed by atoms with van der Waals surface area (Å²) < 4.78 is 38.5. The normalized spacial score (nSPS) is 12.7. The number of benzene rings is 2. The van der Waals surface area contributed by atoms with Crippen molar-refractivity contribution in [2.45, 2.75) is 45.2 Å². The van der Waals surface area contributed by atoms with Crippen molar-refractivity contribution < 1.29 is 13.2 Å². The molecule has 1 heterocycles. The first-order valence-corrected chi connectivity index (χ1v) is 13.7. The Labute approximate surface area is 235 Å². The van der Waals surface area contributed by atoms with Crippen LogP contribution < -0.4 is 11.5 Å². The maximum absolute atomic E-state index is 12.8. The fraction of sp³-hybridized carbons (Fsp3) is 0.276. The number of hydrogen-bond acceptors (Lipinski definition) is 4. The summed E-state index contributed by atoms with van der Waals surface area (Å²) in [6.07, 6.45) is 0.605. The Morgan fingerprint density at radius 1 is 0.974 bits per heavy atom. The Morgan fingerprint density at radius 3 is 2.34 bits per heavy atom. The molecule has 0 saturated heterocycles. The van der Waals surface area contributed by atoms with Crippen molar-refractivity contribution in [3.05, 3.63) is 96.8 Å². The van der Waals surface area contributed by atoms with Gasteiger partial charge in [0.25, 0.3) is 0 Å². The number of halogens is 5. The highest BCUT2D eigenvalue weighted by Gasteiger charge is 2.29. The second kappa shape index (κ2) is 13.9. The molecule has 0 fully saturated rings. The lowest BCUT2D eigenvalue weighted by Crippen LogP contribution is -2.19. The Balaban J connectivity index is 1.97. The van der Waals surface area contributed by atoms with Gasteiger partial charge in [-0.2, -0.15) is 13.2 Å². The topological polar surface area (TPSA) is 64.4 Å². The van der Waals surface area contributed by atoms with Crippen LogP contribution in [0.25, 0.3) is 0 Å². The second-order valence-electron chi connectivity index (χ2n) is 8.56. The first kappa shape index (κ1) is 29.8. The smallest absolute Gasteiger partial charge is 0.402 e. The monoisotopic (exact) mass is 577 g/mol. The summed E-state index contributed by atoms with van der Waals surface area (Å²) in [7, 11) is 0. The molecule has 0 spiro atoms. The van der Waals surface area contributed by atoms with Gasteiger partial charge in [0.2, 0.25) is 0 Å². The van der Waals surface area contributed by atoms with Crippen molar-refractivity contribution in [2.24, 2.45) is 16.5 Å². The predicted molar refractivity (Wildman–Crippen MR) is 153 cm³/mol. The zero-order valence-corrected chi connectivity index (χ0v) is 23.2. The number of nitrogens with two attached hydrogens (primary N) is 2. The maximum Gasteiger partial charge on any atom is 0.416 e. The van der Waals surface area contributed by atoms with Gasteiger partial charge in [-0.25, -0.2) is 4.99 Å². The van der Waals surface area contributed by atoms with Gasteiger partial charge in [0.15, 0.2) is 0 Å². The molecule has 0 aliphatic carbocycles. The van der Waals surface area contributed by atoms with Crippen LogP contribution in [0.5, 0.6) is 0 Å². The van der Waals surface area contributed by atoms with Crippen molar-refractivity contribution in [3.63, 3.8) is 0 Å². The number of allylic oxidation sites excluding steroid dienone is 1. The van der Waals surface area contributed by atoms with Gasteiger partial charge in [-0.05, 0) is 67.4 Å². The zero-order valence-electron chi connectivity index (χ0n) is 20.8. The molecule has 3 nitrogen and oxygen atoms in total. The van der Waals surface area contributed by atoms with Gasteiger partial charge >= 0.3 is 6.18 Å². The van der Waals surface area contributed by atoms with Crippen LogP contribution in [-0.4, -0.2) is 12.3 Å². The van der Waals surface area contributed by atoms with Crippen LogP contribution in [0.3, 0.4) is 0 Å². The van der Waals surface area contributed by atoms with Crippen molar-refractivity contribution in [1.29, 1.82) is 0 Å². The van der Waals surface area contributed by atoms with E-state index in [0.29, 0.717) is 44.0 Å². The highest BCUT2D eigenvalue weighted by Crippen LogP contribution is 2.32. The summed E-state index contributed by atoms with van der Waals surface area (Å²) >= 11 is 13.9. The number of thiophene rings is 1. The molecule has 3 aromatic rings. The van der Waals surface area contributed by atoms with Gasteiger partial charge in [0, 0.05) is 28.4 Å². The molecular weight excluding hydrogens is 550 g/mol. The third kappa shape index (κ3) is 8.37. The number of hydrogen-bond donors (Lipinski definition) is 2. The molecule has 0 radical (unpaired) electrons. The minimum absolute atomic E-state index is 0.189. The van der Waals surface area contributed by atoms with Crippen LogP contribution in [-0.2, 0) is 6.18 Å². The van der Waals surface area contributed by atoms with E-state index in [1.54, 1.807) is 18.2 Å². The van der Waals surface area contributed by atoms with E-state index in [0.717, 1.165) is 48.3 Å². The van der Waals surface area contributed by atoms with Crippen LogP contribution >= 0.6 is 34.5 Å². The van der Waals surface area contributed by atoms with Crippen molar-refractivity contribution in [1.82, 2.24) is 0 Å². The highest BCUT2D eigenvalue weighted by atomic mass is 35.5. The average molecular weight is 579 g/mol. The van der Waals surface area contributed by atoms with Crippen LogP contribution in [0.15, 0.2) is 70.9 Å². The molecular formula is C29H28Cl2F3N3S. The van der Waals surface area contributed by atoms with Gasteiger partial charge in [0.05, 0.1) is 31.7 Å². The summed E-state index contributed by atoms with van der Waals surface area (Å²) in [4.78, 5) is 6.35. The lowest BCUT2D eigenvalue weighted by molar-refractivity contribution is -0.137. The number of nitrogens with zero attached hydrogens (tertiary/aromatic N) is 1. The molecule has 200 valence electrons. The van der Waals surface area contributed by atoms with Gasteiger partial charge in [-0.15, -0.1) is 11.3 Å². The summed E-state index contributed by atoms with van der Waals surface area (Å²) in [5.74, 6) is 5.94. The maximum atomic E-state index is 12.8. The van der Waals surface area contributed by atoms with Gasteiger partial charge in [0.1, 0.15) is 0 Å². The van der Waals surface area contributed by atoms with E-state index in [2.05, 4.69) is 18.8 Å². The molecule has 3 rings (SSSR count). The lowest BCUT2D eigenvalue weighted by atomic mass is 10.0. The Kier molecular flexibility index (Phi) is 10.9. The standard InChI is InChI=1S/C29H28Cl2F3N3S/c1-2-3-4-5-6-25(36)23(18-35)28(37-26-15-12-21(30)17-24(26)31)27-16-14-22(38-27)13-9-19-7-10-20(11-8-19)29(32,33)34/h7-8,10-12,14-17H,2-6,18,35-36H2,1H3/b25-23-,37-28?. The lowest BCUT2D eigenvalue weighted by Gasteiger charge is -2.13. The third-order valence-corrected chi connectivity index (χ3v) is 7.25. The minimum atomic E-state index is -4.39. The molecule has 0 aliphatic rings. The molecule has 9 heteroatoms. The molecule has 38 heavy (non-hydrogen) atoms. The number of aliphatic imine (C=N–C) groups is 1. The fourth-order valence-corrected chi connectivity index (χ4v) is 4.97. The van der Waals surface area contributed by atoms with Crippen LogP contribution in [0.4, 0.5) is 18.9 Å². The van der Waals surface area contributed by atoms with Crippen molar-refractivity contribution in [3.8, 4) is 11.8 Å². The van der Waals surface area contributed by atoms with E-state index in [1.807, 2.05) is 12.1 Å². The third-order valence-electron chi connectivity index (χ3n) is 5.70. The zero-order chi connectivity index (χ0) is 27.7. The second-order valence-corrected chi connectivity index (χ2v) is 10.5. The fourth-order valence-electron chi connectivity index (χ4n) is 3.65. The summed E-state index contributed by atoms with van der Waals surface area (Å²) in [6, 6.07) is 13.5. The molecule has 0 atom stereocenters. The van der Waals surface area contributed by atoms with E-state index in [-0.39, 0.29) is 6.54 Å². The molecule has 2 aromatic carbocycles. The van der Waals surface area contributed by atoms with Crippen molar-refractivity contribution >= 4 is 45.9 Å². The SMILES string of the molecule is CCCCCC/C(N)=C(\CN)C(=Nc1ccc(Cl)cc1Cl)c1ccc(C#Cc2ccc(C(F)(F)F)cc2)s1. The largest absolute Gasteiger partial charge is 0.416 e. The summed E-state index contributed by atoms with van der Waals surface area (Å²) in [5.41, 5.74) is 15.0. The number of rotatable bonds is 9. The molecule has 0 amide bonds. The summed E-state index contributed by atoms with van der Waals surface area (Å²) in [5, 5.41) is 0.893. The van der Waals surface area contributed by atoms with E-state index < -0.39 is 11.7 Å². The van der Waals surface area contributed by atoms with E-state index in [1.165, 1.54) is 23.5 Å². The van der Waals surface area contributed by atoms with E-state index in [4.69, 9.17) is 39.7 Å². The molecule has 0 bridgehead atoms. The first-order valence-electron chi connectivity index (χ1n) is 12.1. The quantitative estimate of drug-likeness (QED) is 0.152. The predicted octanol–water partition coefficient (Wildman–Crippen LogP) is 8.74. The van der Waals surface area contributed by atoms with Crippen LogP contribution in [0, 0.1) is 11.8 Å². The van der Waals surface area contributed by atoms with Crippen molar-refractivity contribution in [2.75, 3.05) is 6.54 Å². The molecule has 4 N–H and O–H groups in total. The molecule has 1 aromatic heterocycles. The van der Waals surface area contributed by atoms with Gasteiger partial charge < -0.3 is 11.5 Å². The Hall–Kier alpha value is -2.76. The number of alkyl halides is 3. The molecule has 0 aliphatic heterocycles. The first-order chi connectivity index (χ1) is 18.1. The highest BCUT2D eigenvalue weighted by molar-refractivity contribution is 7.14.